The van der Waals surface area contributed by atoms with Gasteiger partial charge in [0.2, 0.25) is 0 Å². The fraction of sp³-hybridized carbons (Fsp3) is 0.0286. The summed E-state index contributed by atoms with van der Waals surface area (Å²) < 4.78 is 2.42. The van der Waals surface area contributed by atoms with E-state index in [0.29, 0.717) is 0 Å². The van der Waals surface area contributed by atoms with Gasteiger partial charge in [-0.05, 0) is 46.9 Å². The minimum absolute atomic E-state index is 1.03. The van der Waals surface area contributed by atoms with Gasteiger partial charge in [-0.1, -0.05) is 116 Å². The van der Waals surface area contributed by atoms with Crippen LogP contribution in [0.1, 0.15) is 11.1 Å². The molecule has 37 heavy (non-hydrogen) atoms. The SMILES string of the molecule is C=C/C=C\C=C/Nc1c(C=C)ccc2c3c4ccccc4c4ccccc4c3n(-c3ccc(C)cc3)c12. The lowest BCUT2D eigenvalue weighted by atomic mass is 9.96. The van der Waals surface area contributed by atoms with Crippen LogP contribution in [0.15, 0.2) is 129 Å². The third-order valence-corrected chi connectivity index (χ3v) is 7.03. The molecule has 5 aromatic carbocycles. The molecule has 0 radical (unpaired) electrons. The van der Waals surface area contributed by atoms with Crippen molar-refractivity contribution in [2.45, 2.75) is 6.92 Å². The molecule has 2 heteroatoms. The Balaban J connectivity index is 1.85. The molecular weight excluding hydrogens is 448 g/mol. The van der Waals surface area contributed by atoms with Crippen molar-refractivity contribution in [1.29, 1.82) is 0 Å². The minimum Gasteiger partial charge on any atom is -0.359 e. The van der Waals surface area contributed by atoms with Crippen molar-refractivity contribution >= 4 is 55.1 Å². The van der Waals surface area contributed by atoms with Crippen molar-refractivity contribution in [3.63, 3.8) is 0 Å². The molecule has 2 nitrogen and oxygen atoms in total. The number of allylic oxidation sites excluding steroid dienone is 4. The molecule has 0 saturated carbocycles. The first-order valence-corrected chi connectivity index (χ1v) is 12.5. The zero-order valence-electron chi connectivity index (χ0n) is 20.9. The molecule has 0 aliphatic rings. The second-order valence-electron chi connectivity index (χ2n) is 9.24. The van der Waals surface area contributed by atoms with Gasteiger partial charge in [0, 0.05) is 28.0 Å². The summed E-state index contributed by atoms with van der Waals surface area (Å²) >= 11 is 0. The molecule has 1 aromatic heterocycles. The predicted molar refractivity (Wildman–Crippen MR) is 163 cm³/mol. The van der Waals surface area contributed by atoms with E-state index in [1.165, 1.54) is 43.4 Å². The smallest absolute Gasteiger partial charge is 0.0783 e. The quantitative estimate of drug-likeness (QED) is 0.187. The Morgan fingerprint density at radius 3 is 2.03 bits per heavy atom. The van der Waals surface area contributed by atoms with Gasteiger partial charge in [-0.25, -0.2) is 0 Å². The monoisotopic (exact) mass is 476 g/mol. The Morgan fingerprint density at radius 2 is 1.32 bits per heavy atom. The van der Waals surface area contributed by atoms with Crippen molar-refractivity contribution in [2.75, 3.05) is 5.32 Å². The highest BCUT2D eigenvalue weighted by Gasteiger charge is 2.21. The van der Waals surface area contributed by atoms with E-state index in [4.69, 9.17) is 0 Å². The van der Waals surface area contributed by atoms with Gasteiger partial charge in [0.25, 0.3) is 0 Å². The number of aryl methyl sites for hydroxylation is 1. The number of nitrogens with zero attached hydrogens (tertiary/aromatic N) is 1. The molecule has 0 spiro atoms. The van der Waals surface area contributed by atoms with E-state index >= 15 is 0 Å². The first kappa shape index (κ1) is 22.6. The van der Waals surface area contributed by atoms with Gasteiger partial charge in [0.15, 0.2) is 0 Å². The third kappa shape index (κ3) is 3.66. The summed E-state index contributed by atoms with van der Waals surface area (Å²) in [7, 11) is 0. The Labute approximate surface area is 217 Å². The lowest BCUT2D eigenvalue weighted by Crippen LogP contribution is -1.99. The molecule has 0 unspecified atom stereocenters. The first-order valence-electron chi connectivity index (χ1n) is 12.5. The van der Waals surface area contributed by atoms with Crippen LogP contribution in [0.2, 0.25) is 0 Å². The maximum absolute atomic E-state index is 4.12. The molecule has 0 amide bonds. The lowest BCUT2D eigenvalue weighted by molar-refractivity contribution is 1.18. The molecule has 0 atom stereocenters. The molecule has 0 aliphatic carbocycles. The summed E-state index contributed by atoms with van der Waals surface area (Å²) in [5, 5.41) is 11.1. The highest BCUT2D eigenvalue weighted by molar-refractivity contribution is 6.33. The van der Waals surface area contributed by atoms with Crippen molar-refractivity contribution in [2.24, 2.45) is 0 Å². The lowest BCUT2D eigenvalue weighted by Gasteiger charge is -2.15. The number of nitrogens with one attached hydrogen (secondary N) is 1. The normalized spacial score (nSPS) is 11.9. The standard InChI is InChI=1S/C35H28N2/c1-4-6-7-12-23-36-33-25(5-2)19-22-31-32-29-15-10-8-13-27(29)28-14-9-11-16-30(28)34(32)37(35(31)33)26-20-17-24(3)18-21-26/h4-23,36H,1-2H2,3H3/b7-6-,23-12-. The van der Waals surface area contributed by atoms with E-state index in [9.17, 15) is 0 Å². The highest BCUT2D eigenvalue weighted by atomic mass is 15.0. The fourth-order valence-electron chi connectivity index (χ4n) is 5.38. The largest absolute Gasteiger partial charge is 0.359 e. The van der Waals surface area contributed by atoms with Crippen molar-refractivity contribution in [1.82, 2.24) is 4.57 Å². The summed E-state index contributed by atoms with van der Waals surface area (Å²) in [5.74, 6) is 0. The van der Waals surface area contributed by atoms with Gasteiger partial charge in [-0.15, -0.1) is 0 Å². The van der Waals surface area contributed by atoms with Gasteiger partial charge in [-0.3, -0.25) is 0 Å². The predicted octanol–water partition coefficient (Wildman–Crippen LogP) is 9.71. The molecular formula is C35H28N2. The number of benzene rings is 5. The van der Waals surface area contributed by atoms with Crippen LogP contribution < -0.4 is 5.32 Å². The van der Waals surface area contributed by atoms with Crippen molar-refractivity contribution in [3.05, 3.63) is 140 Å². The van der Waals surface area contributed by atoms with E-state index in [1.807, 2.05) is 30.5 Å². The van der Waals surface area contributed by atoms with Gasteiger partial charge in [0.1, 0.15) is 0 Å². The van der Waals surface area contributed by atoms with Crippen LogP contribution in [0.5, 0.6) is 0 Å². The van der Waals surface area contributed by atoms with Crippen LogP contribution in [-0.2, 0) is 0 Å². The number of aromatic nitrogens is 1. The van der Waals surface area contributed by atoms with Crippen LogP contribution in [0.3, 0.4) is 0 Å². The number of rotatable bonds is 6. The molecule has 1 heterocycles. The number of hydrogen-bond donors (Lipinski definition) is 1. The van der Waals surface area contributed by atoms with Gasteiger partial charge in [0.05, 0.1) is 16.7 Å². The second kappa shape index (κ2) is 9.33. The molecule has 6 aromatic rings. The number of anilines is 1. The molecule has 178 valence electrons. The van der Waals surface area contributed by atoms with Gasteiger partial charge < -0.3 is 9.88 Å². The van der Waals surface area contributed by atoms with Crippen LogP contribution in [0.25, 0.3) is 55.1 Å². The van der Waals surface area contributed by atoms with E-state index < -0.39 is 0 Å². The van der Waals surface area contributed by atoms with Crippen LogP contribution >= 0.6 is 0 Å². The molecule has 1 N–H and O–H groups in total. The maximum atomic E-state index is 4.12. The molecule has 0 aliphatic heterocycles. The summed E-state index contributed by atoms with van der Waals surface area (Å²) in [6, 6.07) is 30.7. The summed E-state index contributed by atoms with van der Waals surface area (Å²) in [4.78, 5) is 0. The minimum atomic E-state index is 1.03. The summed E-state index contributed by atoms with van der Waals surface area (Å²) in [6.07, 6.45) is 11.5. The zero-order valence-corrected chi connectivity index (χ0v) is 20.9. The van der Waals surface area contributed by atoms with E-state index in [1.54, 1.807) is 6.08 Å². The van der Waals surface area contributed by atoms with Gasteiger partial charge in [-0.2, -0.15) is 0 Å². The molecule has 6 rings (SSSR count). The highest BCUT2D eigenvalue weighted by Crippen LogP contribution is 2.45. The topological polar surface area (TPSA) is 17.0 Å². The first-order chi connectivity index (χ1) is 18.2. The molecule has 0 bridgehead atoms. The summed E-state index contributed by atoms with van der Waals surface area (Å²) in [5.41, 5.74) is 6.80. The summed E-state index contributed by atoms with van der Waals surface area (Å²) in [6.45, 7) is 10.0. The number of fused-ring (bicyclic) bond motifs is 8. The van der Waals surface area contributed by atoms with Crippen molar-refractivity contribution < 1.29 is 0 Å². The molecule has 0 saturated heterocycles. The average Bonchev–Trinajstić information content (AvgIpc) is 3.29. The fourth-order valence-corrected chi connectivity index (χ4v) is 5.38. The van der Waals surface area contributed by atoms with Crippen LogP contribution in [0, 0.1) is 6.92 Å². The third-order valence-electron chi connectivity index (χ3n) is 7.03. The second-order valence-corrected chi connectivity index (χ2v) is 9.24. The maximum Gasteiger partial charge on any atom is 0.0783 e. The molecule has 0 fully saturated rings. The Kier molecular flexibility index (Phi) is 5.71. The zero-order chi connectivity index (χ0) is 25.4. The Hall–Kier alpha value is -4.82. The Morgan fingerprint density at radius 1 is 0.649 bits per heavy atom. The van der Waals surface area contributed by atoms with Crippen LogP contribution in [-0.4, -0.2) is 4.57 Å². The Bertz CT molecular complexity index is 1880. The van der Waals surface area contributed by atoms with E-state index in [2.05, 4.69) is 115 Å². The number of hydrogen-bond acceptors (Lipinski definition) is 1. The van der Waals surface area contributed by atoms with Crippen LogP contribution in [0.4, 0.5) is 5.69 Å². The van der Waals surface area contributed by atoms with E-state index in [-0.39, 0.29) is 0 Å². The van der Waals surface area contributed by atoms with Crippen molar-refractivity contribution in [3.8, 4) is 5.69 Å². The van der Waals surface area contributed by atoms with Gasteiger partial charge >= 0.3 is 0 Å². The average molecular weight is 477 g/mol. The van der Waals surface area contributed by atoms with E-state index in [0.717, 1.165) is 22.5 Å².